The van der Waals surface area contributed by atoms with Gasteiger partial charge in [0.15, 0.2) is 0 Å². The van der Waals surface area contributed by atoms with Gasteiger partial charge in [0.05, 0.1) is 6.10 Å². The van der Waals surface area contributed by atoms with Gasteiger partial charge in [0.2, 0.25) is 5.88 Å². The van der Waals surface area contributed by atoms with E-state index in [1.165, 1.54) is 0 Å². The Bertz CT molecular complexity index is 342. The lowest BCUT2D eigenvalue weighted by molar-refractivity contribution is 0.206. The Hall–Kier alpha value is -0.830. The van der Waals surface area contributed by atoms with Crippen molar-refractivity contribution in [3.8, 4) is 5.88 Å². The summed E-state index contributed by atoms with van der Waals surface area (Å²) in [6, 6.07) is 0. The third kappa shape index (κ3) is 3.06. The largest absolute Gasteiger partial charge is 0.474 e. The van der Waals surface area contributed by atoms with Gasteiger partial charge >= 0.3 is 0 Å². The number of nitrogens with zero attached hydrogens (tertiary/aromatic N) is 2. The van der Waals surface area contributed by atoms with E-state index in [9.17, 15) is 0 Å². The van der Waals surface area contributed by atoms with Gasteiger partial charge in [0, 0.05) is 12.0 Å². The van der Waals surface area contributed by atoms with Crippen molar-refractivity contribution in [3.63, 3.8) is 0 Å². The van der Waals surface area contributed by atoms with Crippen molar-refractivity contribution in [3.05, 3.63) is 16.5 Å². The van der Waals surface area contributed by atoms with Crippen molar-refractivity contribution < 1.29 is 4.74 Å². The first-order valence-electron chi connectivity index (χ1n) is 5.28. The van der Waals surface area contributed by atoms with Crippen molar-refractivity contribution in [1.29, 1.82) is 0 Å². The van der Waals surface area contributed by atoms with Crippen molar-refractivity contribution in [2.24, 2.45) is 0 Å². The summed E-state index contributed by atoms with van der Waals surface area (Å²) in [7, 11) is 0. The van der Waals surface area contributed by atoms with Crippen LogP contribution in [0.3, 0.4) is 0 Å². The summed E-state index contributed by atoms with van der Waals surface area (Å²) < 4.78 is 5.68. The molecular weight excluding hydrogens is 212 g/mol. The molecule has 1 unspecified atom stereocenters. The Morgan fingerprint density at radius 2 is 2.00 bits per heavy atom. The molecule has 0 aliphatic heterocycles. The fourth-order valence-corrected chi connectivity index (χ4v) is 1.24. The van der Waals surface area contributed by atoms with Gasteiger partial charge in [-0.05, 0) is 20.3 Å². The third-order valence-electron chi connectivity index (χ3n) is 2.29. The molecule has 0 bridgehead atoms. The molecule has 0 spiro atoms. The fraction of sp³-hybridized carbons (Fsp3) is 0.636. The molecule has 1 aromatic rings. The second-order valence-electron chi connectivity index (χ2n) is 3.55. The van der Waals surface area contributed by atoms with Crippen LogP contribution < -0.4 is 4.74 Å². The van der Waals surface area contributed by atoms with Crippen LogP contribution in [-0.2, 0) is 6.42 Å². The summed E-state index contributed by atoms with van der Waals surface area (Å²) in [6.45, 7) is 7.96. The molecular formula is C11H17ClN2O. The van der Waals surface area contributed by atoms with E-state index in [1.54, 1.807) is 0 Å². The average molecular weight is 229 g/mol. The molecule has 84 valence electrons. The normalized spacial score (nSPS) is 12.6. The molecule has 1 atom stereocenters. The zero-order chi connectivity index (χ0) is 11.4. The van der Waals surface area contributed by atoms with Crippen LogP contribution in [0.5, 0.6) is 5.88 Å². The molecule has 0 saturated carbocycles. The van der Waals surface area contributed by atoms with Gasteiger partial charge in [-0.15, -0.1) is 0 Å². The van der Waals surface area contributed by atoms with Crippen LogP contribution in [0.15, 0.2) is 0 Å². The minimum Gasteiger partial charge on any atom is -0.474 e. The molecule has 1 rings (SSSR count). The maximum absolute atomic E-state index is 5.99. The highest BCUT2D eigenvalue weighted by atomic mass is 35.5. The lowest BCUT2D eigenvalue weighted by atomic mass is 10.3. The lowest BCUT2D eigenvalue weighted by Crippen LogP contribution is -2.13. The zero-order valence-corrected chi connectivity index (χ0v) is 10.4. The summed E-state index contributed by atoms with van der Waals surface area (Å²) >= 11 is 5.99. The Morgan fingerprint density at radius 1 is 1.33 bits per heavy atom. The Kier molecular flexibility index (Phi) is 4.33. The van der Waals surface area contributed by atoms with Gasteiger partial charge in [-0.25, -0.2) is 4.98 Å². The average Bonchev–Trinajstić information content (AvgIpc) is 2.24. The molecule has 0 amide bonds. The molecule has 0 saturated heterocycles. The van der Waals surface area contributed by atoms with Crippen LogP contribution in [0, 0.1) is 6.92 Å². The second-order valence-corrected chi connectivity index (χ2v) is 3.91. The predicted molar refractivity (Wildman–Crippen MR) is 61.5 cm³/mol. The smallest absolute Gasteiger partial charge is 0.221 e. The number of hydrogen-bond acceptors (Lipinski definition) is 3. The predicted octanol–water partition coefficient (Wildman–Crippen LogP) is 3.18. The third-order valence-corrected chi connectivity index (χ3v) is 2.66. The highest BCUT2D eigenvalue weighted by Gasteiger charge is 2.11. The van der Waals surface area contributed by atoms with Crippen LogP contribution in [0.1, 0.15) is 38.6 Å². The number of aryl methyl sites for hydroxylation is 1. The standard InChI is InChI=1S/C11H17ClN2O/c1-5-7(3)15-11-8(4)10(12)13-9(6-2)14-11/h7H,5-6H2,1-4H3. The molecule has 0 aliphatic carbocycles. The number of rotatable bonds is 4. The van der Waals surface area contributed by atoms with E-state index in [4.69, 9.17) is 16.3 Å². The van der Waals surface area contributed by atoms with Crippen molar-refractivity contribution in [1.82, 2.24) is 9.97 Å². The highest BCUT2D eigenvalue weighted by Crippen LogP contribution is 2.23. The van der Waals surface area contributed by atoms with Crippen molar-refractivity contribution >= 4 is 11.6 Å². The summed E-state index contributed by atoms with van der Waals surface area (Å²) in [5.74, 6) is 1.34. The van der Waals surface area contributed by atoms with Gasteiger partial charge in [0.25, 0.3) is 0 Å². The van der Waals surface area contributed by atoms with Crippen LogP contribution in [0.4, 0.5) is 0 Å². The van der Waals surface area contributed by atoms with E-state index >= 15 is 0 Å². The van der Waals surface area contributed by atoms with Gasteiger partial charge in [0.1, 0.15) is 11.0 Å². The topological polar surface area (TPSA) is 35.0 Å². The second kappa shape index (κ2) is 5.31. The molecule has 0 aliphatic rings. The minimum atomic E-state index is 0.152. The first-order chi connectivity index (χ1) is 7.08. The first kappa shape index (κ1) is 12.2. The van der Waals surface area contributed by atoms with Gasteiger partial charge in [-0.3, -0.25) is 0 Å². The number of aromatic nitrogens is 2. The summed E-state index contributed by atoms with van der Waals surface area (Å²) in [5.41, 5.74) is 0.814. The molecule has 4 heteroatoms. The van der Waals surface area contributed by atoms with Crippen LogP contribution in [0.2, 0.25) is 5.15 Å². The molecule has 1 aromatic heterocycles. The van der Waals surface area contributed by atoms with Crippen molar-refractivity contribution in [2.75, 3.05) is 0 Å². The van der Waals surface area contributed by atoms with Gasteiger partial charge in [-0.1, -0.05) is 25.4 Å². The van der Waals surface area contributed by atoms with E-state index in [2.05, 4.69) is 16.9 Å². The Labute approximate surface area is 95.8 Å². The molecule has 1 heterocycles. The van der Waals surface area contributed by atoms with Crippen LogP contribution in [-0.4, -0.2) is 16.1 Å². The summed E-state index contributed by atoms with van der Waals surface area (Å²) in [4.78, 5) is 8.48. The van der Waals surface area contributed by atoms with E-state index in [-0.39, 0.29) is 6.10 Å². The van der Waals surface area contributed by atoms with E-state index < -0.39 is 0 Å². The number of halogens is 1. The molecule has 0 aromatic carbocycles. The lowest BCUT2D eigenvalue weighted by Gasteiger charge is -2.14. The summed E-state index contributed by atoms with van der Waals surface area (Å²) in [5, 5.41) is 0.486. The minimum absolute atomic E-state index is 0.152. The molecule has 3 nitrogen and oxygen atoms in total. The van der Waals surface area contributed by atoms with E-state index in [0.29, 0.717) is 11.0 Å². The first-order valence-corrected chi connectivity index (χ1v) is 5.65. The SMILES string of the molecule is CCc1nc(Cl)c(C)c(OC(C)CC)n1. The highest BCUT2D eigenvalue weighted by molar-refractivity contribution is 6.30. The molecule has 0 N–H and O–H groups in total. The van der Waals surface area contributed by atoms with Crippen LogP contribution >= 0.6 is 11.6 Å². The Balaban J connectivity index is 2.99. The number of ether oxygens (including phenoxy) is 1. The molecule has 0 fully saturated rings. The van der Waals surface area contributed by atoms with E-state index in [0.717, 1.165) is 24.2 Å². The molecule has 15 heavy (non-hydrogen) atoms. The molecule has 0 radical (unpaired) electrons. The summed E-state index contributed by atoms with van der Waals surface area (Å²) in [6.07, 6.45) is 1.86. The van der Waals surface area contributed by atoms with Gasteiger partial charge in [-0.2, -0.15) is 4.98 Å². The number of hydrogen-bond donors (Lipinski definition) is 0. The van der Waals surface area contributed by atoms with E-state index in [1.807, 2.05) is 20.8 Å². The monoisotopic (exact) mass is 228 g/mol. The van der Waals surface area contributed by atoms with Crippen LogP contribution in [0.25, 0.3) is 0 Å². The van der Waals surface area contributed by atoms with Crippen molar-refractivity contribution in [2.45, 2.75) is 46.6 Å². The van der Waals surface area contributed by atoms with Gasteiger partial charge < -0.3 is 4.74 Å². The maximum atomic E-state index is 5.99. The fourth-order valence-electron chi connectivity index (χ4n) is 1.06. The maximum Gasteiger partial charge on any atom is 0.221 e. The Morgan fingerprint density at radius 3 is 2.53 bits per heavy atom. The quantitative estimate of drug-likeness (QED) is 0.743. The zero-order valence-electron chi connectivity index (χ0n) is 9.67.